The Kier molecular flexibility index (Phi) is 36.7. The Morgan fingerprint density at radius 3 is 0.748 bits per heavy atom. The zero-order chi connectivity index (χ0) is 76.1. The summed E-state index contributed by atoms with van der Waals surface area (Å²) in [4.78, 5) is 158. The highest BCUT2D eigenvalue weighted by Crippen LogP contribution is 2.17. The van der Waals surface area contributed by atoms with Crippen molar-refractivity contribution in [3.8, 4) is 0 Å². The fourth-order valence-corrected chi connectivity index (χ4v) is 11.3. The van der Waals surface area contributed by atoms with Gasteiger partial charge < -0.3 is 85.0 Å². The fraction of sp³-hybridized carbons (Fsp3) is 0.405. The van der Waals surface area contributed by atoms with Crippen molar-refractivity contribution in [2.24, 2.45) is 0 Å². The Balaban J connectivity index is 1.18. The van der Waals surface area contributed by atoms with Crippen LogP contribution in [0.2, 0.25) is 0 Å². The fourth-order valence-electron chi connectivity index (χ4n) is 11.3. The molecule has 6 aromatic rings. The Labute approximate surface area is 623 Å². The number of carbonyl (C=O) groups excluding carboxylic acids is 10. The number of alkyl carbamates (subject to hydrolysis) is 6. The van der Waals surface area contributed by atoms with Crippen molar-refractivity contribution in [2.45, 2.75) is 135 Å². The highest BCUT2D eigenvalue weighted by molar-refractivity contribution is 5.88. The first-order valence-corrected chi connectivity index (χ1v) is 36.2. The topological polar surface area (TPSA) is 349 Å². The number of nitrogens with one attached hydrogen (secondary N) is 6. The number of hydrogen-bond donors (Lipinski definition) is 7. The van der Waals surface area contributed by atoms with Gasteiger partial charge in [0, 0.05) is 84.8 Å². The van der Waals surface area contributed by atoms with Crippen molar-refractivity contribution < 1.29 is 86.3 Å². The summed E-state index contributed by atoms with van der Waals surface area (Å²) < 4.78 is 33.1. The van der Waals surface area contributed by atoms with Gasteiger partial charge in [0.15, 0.2) is 0 Å². The van der Waals surface area contributed by atoms with Crippen LogP contribution in [0.1, 0.15) is 110 Å². The van der Waals surface area contributed by atoms with E-state index in [0.29, 0.717) is 36.0 Å². The lowest BCUT2D eigenvalue weighted by Crippen LogP contribution is -2.57. The molecule has 1 saturated heterocycles. The Morgan fingerprint density at radius 2 is 0.514 bits per heavy atom. The number of carboxylic acids is 1. The third-order valence-corrected chi connectivity index (χ3v) is 17.2. The first kappa shape index (κ1) is 82.6. The van der Waals surface area contributed by atoms with Crippen molar-refractivity contribution in [1.82, 2.24) is 51.5 Å². The van der Waals surface area contributed by atoms with Crippen molar-refractivity contribution in [1.29, 1.82) is 0 Å². The minimum atomic E-state index is -1.32. The number of ether oxygens (including phenoxy) is 6. The van der Waals surface area contributed by atoms with Crippen LogP contribution >= 0.6 is 0 Å². The molecule has 3 unspecified atom stereocenters. The Morgan fingerprint density at radius 1 is 0.290 bits per heavy atom. The number of unbranched alkanes of at least 4 members (excludes halogenated alkanes) is 3. The van der Waals surface area contributed by atoms with E-state index in [-0.39, 0.29) is 169 Å². The zero-order valence-electron chi connectivity index (χ0n) is 60.2. The standard InChI is InChI=1S/C79H98N10O18/c90-69(41-25-42-70(91)92)86-46-48-87(71(93)66(83-77(99)105-57-63-32-13-4-14-33-63)38-19-22-43-80-74(96)102-54-60-26-7-1-8-27-60)50-52-89(73(95)68(85-79(101)107-59-65-36-17-6-18-37-65)40-21-24-45-82-76(98)104-56-62-30-11-3-12-31-62)53-51-88(49-47-86)72(94)67(84-78(100)106-58-64-34-15-5-16-35-64)39-20-23-44-81-75(97)103-55-61-28-9-2-10-29-61/h1-18,26-37,66-68H,19-25,38-59H2,(H,80,96)(H,81,97)(H,82,98)(H,83,99)(H,84,100)(H,85,101)(H,91,92). The monoisotopic (exact) mass is 1470 g/mol. The number of aliphatic carboxylic acids is 1. The van der Waals surface area contributed by atoms with E-state index >= 15 is 14.4 Å². The molecule has 1 fully saturated rings. The molecule has 6 aromatic carbocycles. The lowest BCUT2D eigenvalue weighted by Gasteiger charge is -2.37. The van der Waals surface area contributed by atoms with Crippen molar-refractivity contribution >= 4 is 66.2 Å². The van der Waals surface area contributed by atoms with Crippen LogP contribution in [0.15, 0.2) is 182 Å². The van der Waals surface area contributed by atoms with Crippen LogP contribution in [0.25, 0.3) is 0 Å². The van der Waals surface area contributed by atoms with Crippen LogP contribution in [-0.2, 0) is 92.0 Å². The average molecular weight is 1480 g/mol. The normalized spacial score (nSPS) is 13.2. The predicted molar refractivity (Wildman–Crippen MR) is 394 cm³/mol. The second kappa shape index (κ2) is 47.6. The minimum Gasteiger partial charge on any atom is -0.481 e. The van der Waals surface area contributed by atoms with Crippen LogP contribution in [0.3, 0.4) is 0 Å². The molecule has 1 aliphatic heterocycles. The second-order valence-corrected chi connectivity index (χ2v) is 25.3. The number of rotatable bonds is 37. The average Bonchev–Trinajstić information content (AvgIpc) is 0.855. The maximum Gasteiger partial charge on any atom is 0.408 e. The van der Waals surface area contributed by atoms with E-state index in [4.69, 9.17) is 28.4 Å². The summed E-state index contributed by atoms with van der Waals surface area (Å²) in [6.07, 6.45) is -3.64. The molecule has 0 bridgehead atoms. The smallest absolute Gasteiger partial charge is 0.408 e. The van der Waals surface area contributed by atoms with Crippen LogP contribution in [0.4, 0.5) is 28.8 Å². The summed E-state index contributed by atoms with van der Waals surface area (Å²) in [5, 5.41) is 26.0. The number of nitrogens with zero attached hydrogens (tertiary/aromatic N) is 4. The van der Waals surface area contributed by atoms with Gasteiger partial charge in [-0.05, 0) is 97.6 Å². The highest BCUT2D eigenvalue weighted by atomic mass is 16.6. The van der Waals surface area contributed by atoms with Crippen LogP contribution < -0.4 is 31.9 Å². The molecule has 28 nitrogen and oxygen atoms in total. The van der Waals surface area contributed by atoms with E-state index in [2.05, 4.69) is 31.9 Å². The third-order valence-electron chi connectivity index (χ3n) is 17.2. The molecular weight excluding hydrogens is 1380 g/mol. The summed E-state index contributed by atoms with van der Waals surface area (Å²) in [7, 11) is 0. The van der Waals surface area contributed by atoms with Crippen molar-refractivity contribution in [3.63, 3.8) is 0 Å². The number of amides is 10. The van der Waals surface area contributed by atoms with Gasteiger partial charge in [0.2, 0.25) is 23.6 Å². The predicted octanol–water partition coefficient (Wildman–Crippen LogP) is 9.74. The number of carbonyl (C=O) groups is 11. The number of benzene rings is 6. The summed E-state index contributed by atoms with van der Waals surface area (Å²) in [5.74, 6) is -3.58. The van der Waals surface area contributed by atoms with E-state index < -0.39 is 84.3 Å². The lowest BCUT2D eigenvalue weighted by molar-refractivity contribution is -0.141. The Bertz CT molecular complexity index is 3550. The largest absolute Gasteiger partial charge is 0.481 e. The van der Waals surface area contributed by atoms with E-state index in [9.17, 15) is 43.5 Å². The van der Waals surface area contributed by atoms with Gasteiger partial charge in [0.05, 0.1) is 0 Å². The van der Waals surface area contributed by atoms with Gasteiger partial charge in [0.25, 0.3) is 0 Å². The Hall–Kier alpha value is -11.7. The van der Waals surface area contributed by atoms with Crippen LogP contribution in [-0.4, -0.2) is 181 Å². The molecule has 0 spiro atoms. The molecule has 572 valence electrons. The molecule has 0 radical (unpaired) electrons. The van der Waals surface area contributed by atoms with Gasteiger partial charge in [-0.1, -0.05) is 182 Å². The summed E-state index contributed by atoms with van der Waals surface area (Å²) in [6.45, 7) is -1.89. The van der Waals surface area contributed by atoms with Gasteiger partial charge in [-0.25, -0.2) is 28.8 Å². The number of carboxylic acid groups (broad SMARTS) is 1. The maximum absolute atomic E-state index is 15.7. The van der Waals surface area contributed by atoms with E-state index in [1.807, 2.05) is 91.0 Å². The van der Waals surface area contributed by atoms with Gasteiger partial charge in [0.1, 0.15) is 57.8 Å². The van der Waals surface area contributed by atoms with Gasteiger partial charge >= 0.3 is 42.5 Å². The lowest BCUT2D eigenvalue weighted by atomic mass is 10.1. The van der Waals surface area contributed by atoms with Crippen LogP contribution in [0.5, 0.6) is 0 Å². The SMILES string of the molecule is O=C(O)CCCC(=O)N1CCN(C(=O)C(CCCCNC(=O)OCc2ccccc2)NC(=O)OCc2ccccc2)CCN(C(=O)C(CCCCNC(=O)OCc2ccccc2)NC(=O)OCc2ccccc2)CCN(C(=O)C(CCCCNC(=O)OCc2ccccc2)NC(=O)OCc2ccccc2)CC1. The first-order chi connectivity index (χ1) is 52.0. The molecule has 7 N–H and O–H groups in total. The summed E-state index contributed by atoms with van der Waals surface area (Å²) in [6, 6.07) is 50.1. The van der Waals surface area contributed by atoms with Crippen molar-refractivity contribution in [3.05, 3.63) is 215 Å². The molecule has 7 rings (SSSR count). The van der Waals surface area contributed by atoms with Gasteiger partial charge in [-0.3, -0.25) is 24.0 Å². The molecule has 1 heterocycles. The molecule has 0 aliphatic carbocycles. The second-order valence-electron chi connectivity index (χ2n) is 25.3. The van der Waals surface area contributed by atoms with E-state index in [0.717, 1.165) is 16.7 Å². The highest BCUT2D eigenvalue weighted by Gasteiger charge is 2.34. The summed E-state index contributed by atoms with van der Waals surface area (Å²) in [5.41, 5.74) is 4.35. The van der Waals surface area contributed by atoms with Crippen LogP contribution in [0, 0.1) is 0 Å². The molecule has 3 atom stereocenters. The summed E-state index contributed by atoms with van der Waals surface area (Å²) >= 11 is 0. The van der Waals surface area contributed by atoms with E-state index in [1.54, 1.807) is 91.0 Å². The molecule has 0 saturated carbocycles. The molecule has 0 aromatic heterocycles. The maximum atomic E-state index is 15.7. The van der Waals surface area contributed by atoms with E-state index in [1.165, 1.54) is 19.6 Å². The zero-order valence-corrected chi connectivity index (χ0v) is 60.2. The van der Waals surface area contributed by atoms with Gasteiger partial charge in [-0.2, -0.15) is 0 Å². The van der Waals surface area contributed by atoms with Crippen molar-refractivity contribution in [2.75, 3.05) is 72.0 Å². The van der Waals surface area contributed by atoms with Gasteiger partial charge in [-0.15, -0.1) is 0 Å². The number of hydrogen-bond acceptors (Lipinski definition) is 17. The first-order valence-electron chi connectivity index (χ1n) is 36.2. The third kappa shape index (κ3) is 32.9. The molecule has 1 aliphatic rings. The molecule has 10 amide bonds. The molecule has 28 heteroatoms. The minimum absolute atomic E-state index is 0.00582. The quantitative estimate of drug-likeness (QED) is 0.0141. The molecular formula is C79H98N10O18. The molecule has 107 heavy (non-hydrogen) atoms.